The number of quaternary nitrogens is 1. The van der Waals surface area contributed by atoms with Crippen LogP contribution < -0.4 is 10.2 Å². The number of amides is 1. The summed E-state index contributed by atoms with van der Waals surface area (Å²) in [5.41, 5.74) is 1.71. The first kappa shape index (κ1) is 15.6. The van der Waals surface area contributed by atoms with Crippen LogP contribution in [0, 0.1) is 13.8 Å². The summed E-state index contributed by atoms with van der Waals surface area (Å²) < 4.78 is 5.51. The molecule has 1 aromatic heterocycles. The number of hydrogen-bond donors (Lipinski definition) is 2. The maximum Gasteiger partial charge on any atom is 0.279 e. The van der Waals surface area contributed by atoms with Crippen molar-refractivity contribution in [3.63, 3.8) is 0 Å². The van der Waals surface area contributed by atoms with Crippen LogP contribution in [0.25, 0.3) is 0 Å². The van der Waals surface area contributed by atoms with Gasteiger partial charge in [0.2, 0.25) is 0 Å². The molecule has 2 N–H and O–H groups in total. The average molecular weight is 308 g/mol. The first-order chi connectivity index (χ1) is 9.94. The summed E-state index contributed by atoms with van der Waals surface area (Å²) in [5.74, 6) is 1.70. The Morgan fingerprint density at radius 2 is 2.05 bits per heavy atom. The molecule has 0 radical (unpaired) electrons. The maximum absolute atomic E-state index is 12.0. The van der Waals surface area contributed by atoms with Crippen molar-refractivity contribution in [1.82, 2.24) is 0 Å². The first-order valence-electron chi connectivity index (χ1n) is 6.86. The van der Waals surface area contributed by atoms with Crippen molar-refractivity contribution in [3.05, 3.63) is 52.4 Å². The van der Waals surface area contributed by atoms with Crippen LogP contribution in [0.5, 0.6) is 0 Å². The lowest BCUT2D eigenvalue weighted by Crippen LogP contribution is -3.08. The molecule has 0 aliphatic carbocycles. The van der Waals surface area contributed by atoms with E-state index in [9.17, 15) is 4.79 Å². The SMILES string of the molecule is Cc1ccc(NC(=O)C[NH+](C)Cc2ccc(C)o2)c(Cl)c1. The van der Waals surface area contributed by atoms with Crippen LogP contribution >= 0.6 is 11.6 Å². The number of hydrogen-bond acceptors (Lipinski definition) is 2. The zero-order valence-electron chi connectivity index (χ0n) is 12.5. The van der Waals surface area contributed by atoms with Crippen LogP contribution in [0.4, 0.5) is 5.69 Å². The zero-order chi connectivity index (χ0) is 15.4. The lowest BCUT2D eigenvalue weighted by atomic mass is 10.2. The van der Waals surface area contributed by atoms with Crippen molar-refractivity contribution < 1.29 is 14.1 Å². The molecule has 112 valence electrons. The van der Waals surface area contributed by atoms with E-state index in [1.165, 1.54) is 0 Å². The lowest BCUT2D eigenvalue weighted by molar-refractivity contribution is -0.886. The Labute approximate surface area is 129 Å². The minimum Gasteiger partial charge on any atom is -0.460 e. The highest BCUT2D eigenvalue weighted by molar-refractivity contribution is 6.33. The van der Waals surface area contributed by atoms with Gasteiger partial charge >= 0.3 is 0 Å². The number of nitrogens with one attached hydrogen (secondary N) is 2. The molecule has 0 saturated carbocycles. The monoisotopic (exact) mass is 307 g/mol. The van der Waals surface area contributed by atoms with Crippen LogP contribution in [0.2, 0.25) is 5.02 Å². The molecule has 1 atom stereocenters. The fourth-order valence-corrected chi connectivity index (χ4v) is 2.41. The highest BCUT2D eigenvalue weighted by Crippen LogP contribution is 2.22. The van der Waals surface area contributed by atoms with Crippen LogP contribution in [0.1, 0.15) is 17.1 Å². The minimum absolute atomic E-state index is 0.0680. The molecule has 1 heterocycles. The van der Waals surface area contributed by atoms with Gasteiger partial charge in [-0.1, -0.05) is 17.7 Å². The van der Waals surface area contributed by atoms with Gasteiger partial charge in [-0.2, -0.15) is 0 Å². The molecule has 5 heteroatoms. The molecule has 0 fully saturated rings. The Balaban J connectivity index is 1.89. The molecule has 4 nitrogen and oxygen atoms in total. The third-order valence-corrected chi connectivity index (χ3v) is 3.45. The largest absolute Gasteiger partial charge is 0.460 e. The third kappa shape index (κ3) is 4.62. The molecule has 2 aromatic rings. The second kappa shape index (κ2) is 6.78. The summed E-state index contributed by atoms with van der Waals surface area (Å²) in [6.45, 7) is 4.89. The smallest absolute Gasteiger partial charge is 0.279 e. The van der Waals surface area contributed by atoms with Gasteiger partial charge in [0.15, 0.2) is 12.3 Å². The van der Waals surface area contributed by atoms with E-state index in [0.717, 1.165) is 22.0 Å². The van der Waals surface area contributed by atoms with Gasteiger partial charge in [0.1, 0.15) is 12.3 Å². The Kier molecular flexibility index (Phi) is 5.04. The molecule has 2 rings (SSSR count). The van der Waals surface area contributed by atoms with Gasteiger partial charge < -0.3 is 14.6 Å². The van der Waals surface area contributed by atoms with E-state index in [2.05, 4.69) is 5.32 Å². The van der Waals surface area contributed by atoms with Gasteiger partial charge in [-0.15, -0.1) is 0 Å². The fourth-order valence-electron chi connectivity index (χ4n) is 2.13. The lowest BCUT2D eigenvalue weighted by Gasteiger charge is -2.13. The van der Waals surface area contributed by atoms with Crippen LogP contribution in [-0.2, 0) is 11.3 Å². The molecule has 1 amide bonds. The molecular weight excluding hydrogens is 288 g/mol. The topological polar surface area (TPSA) is 46.7 Å². The van der Waals surface area contributed by atoms with Gasteiger partial charge in [0.25, 0.3) is 5.91 Å². The summed E-state index contributed by atoms with van der Waals surface area (Å²) in [6.07, 6.45) is 0. The Bertz CT molecular complexity index is 637. The molecule has 0 bridgehead atoms. The Morgan fingerprint density at radius 1 is 1.29 bits per heavy atom. The number of carbonyl (C=O) groups excluding carboxylic acids is 1. The van der Waals surface area contributed by atoms with Crippen molar-refractivity contribution in [3.8, 4) is 0 Å². The van der Waals surface area contributed by atoms with E-state index >= 15 is 0 Å². The quantitative estimate of drug-likeness (QED) is 0.889. The Morgan fingerprint density at radius 3 is 2.67 bits per heavy atom. The summed E-state index contributed by atoms with van der Waals surface area (Å²) >= 11 is 6.11. The third-order valence-electron chi connectivity index (χ3n) is 3.13. The molecule has 1 unspecified atom stereocenters. The molecule has 1 aromatic carbocycles. The average Bonchev–Trinajstić information content (AvgIpc) is 2.78. The number of carbonyl (C=O) groups is 1. The van der Waals surface area contributed by atoms with Crippen molar-refractivity contribution in [2.45, 2.75) is 20.4 Å². The summed E-state index contributed by atoms with van der Waals surface area (Å²) in [6, 6.07) is 9.44. The van der Waals surface area contributed by atoms with Crippen molar-refractivity contribution >= 4 is 23.2 Å². The molecule has 0 spiro atoms. The van der Waals surface area contributed by atoms with Crippen LogP contribution in [0.15, 0.2) is 34.7 Å². The summed E-state index contributed by atoms with van der Waals surface area (Å²) in [7, 11) is 1.95. The van der Waals surface area contributed by atoms with E-state index < -0.39 is 0 Å². The van der Waals surface area contributed by atoms with Crippen molar-refractivity contribution in [2.75, 3.05) is 18.9 Å². The van der Waals surface area contributed by atoms with Crippen molar-refractivity contribution in [2.24, 2.45) is 0 Å². The zero-order valence-corrected chi connectivity index (χ0v) is 13.3. The standard InChI is InChI=1S/C16H19ClN2O2/c1-11-4-7-15(14(17)8-11)18-16(20)10-19(3)9-13-6-5-12(2)21-13/h4-8H,9-10H2,1-3H3,(H,18,20)/p+1. The van der Waals surface area contributed by atoms with E-state index in [1.807, 2.05) is 51.2 Å². The van der Waals surface area contributed by atoms with Gasteiger partial charge in [0.05, 0.1) is 17.8 Å². The predicted molar refractivity (Wildman–Crippen MR) is 83.7 cm³/mol. The summed E-state index contributed by atoms with van der Waals surface area (Å²) in [4.78, 5) is 13.1. The number of furan rings is 1. The fraction of sp³-hybridized carbons (Fsp3) is 0.312. The number of halogens is 1. The van der Waals surface area contributed by atoms with E-state index in [1.54, 1.807) is 0 Å². The Hall–Kier alpha value is -1.78. The molecule has 0 aliphatic rings. The minimum atomic E-state index is -0.0680. The highest BCUT2D eigenvalue weighted by atomic mass is 35.5. The molecule has 0 aliphatic heterocycles. The number of benzene rings is 1. The number of aryl methyl sites for hydroxylation is 2. The van der Waals surface area contributed by atoms with Crippen molar-refractivity contribution in [1.29, 1.82) is 0 Å². The van der Waals surface area contributed by atoms with Gasteiger partial charge in [-0.3, -0.25) is 4.79 Å². The first-order valence-corrected chi connectivity index (χ1v) is 7.24. The second-order valence-corrected chi connectivity index (χ2v) is 5.76. The molecular formula is C16H20ClN2O2+. The van der Waals surface area contributed by atoms with E-state index in [0.29, 0.717) is 23.8 Å². The molecule has 21 heavy (non-hydrogen) atoms. The van der Waals surface area contributed by atoms with Gasteiger partial charge in [0, 0.05) is 0 Å². The predicted octanol–water partition coefficient (Wildman–Crippen LogP) is 2.20. The number of likely N-dealkylation sites (N-methyl/N-ethyl adjacent to an activating group) is 1. The summed E-state index contributed by atoms with van der Waals surface area (Å²) in [5, 5.41) is 3.40. The van der Waals surface area contributed by atoms with E-state index in [4.69, 9.17) is 16.0 Å². The maximum atomic E-state index is 12.0. The number of anilines is 1. The normalized spacial score (nSPS) is 12.2. The second-order valence-electron chi connectivity index (χ2n) is 5.35. The molecule has 0 saturated heterocycles. The highest BCUT2D eigenvalue weighted by Gasteiger charge is 2.13. The van der Waals surface area contributed by atoms with Crippen LogP contribution in [-0.4, -0.2) is 19.5 Å². The van der Waals surface area contributed by atoms with Gasteiger partial charge in [-0.25, -0.2) is 0 Å². The van der Waals surface area contributed by atoms with Crippen LogP contribution in [0.3, 0.4) is 0 Å². The van der Waals surface area contributed by atoms with Gasteiger partial charge in [-0.05, 0) is 43.7 Å². The van der Waals surface area contributed by atoms with E-state index in [-0.39, 0.29) is 5.91 Å². The number of rotatable bonds is 5.